The summed E-state index contributed by atoms with van der Waals surface area (Å²) in [6.45, 7) is 4.38. The normalized spacial score (nSPS) is 10.5. The van der Waals surface area contributed by atoms with E-state index in [9.17, 15) is 10.1 Å². The van der Waals surface area contributed by atoms with Gasteiger partial charge in [0.15, 0.2) is 0 Å². The number of anilines is 1. The summed E-state index contributed by atoms with van der Waals surface area (Å²) in [5.41, 5.74) is 10.7. The van der Waals surface area contributed by atoms with Crippen molar-refractivity contribution in [2.75, 3.05) is 12.3 Å². The van der Waals surface area contributed by atoms with Gasteiger partial charge in [0, 0.05) is 12.1 Å². The maximum absolute atomic E-state index is 12.4. The summed E-state index contributed by atoms with van der Waals surface area (Å²) < 4.78 is 1.59. The van der Waals surface area contributed by atoms with Crippen LogP contribution in [0.25, 0.3) is 5.69 Å². The number of hydrogen-bond acceptors (Lipinski definition) is 4. The summed E-state index contributed by atoms with van der Waals surface area (Å²) >= 11 is 0. The lowest BCUT2D eigenvalue weighted by atomic mass is 10.1. The van der Waals surface area contributed by atoms with Crippen LogP contribution in [0, 0.1) is 25.2 Å². The highest BCUT2D eigenvalue weighted by atomic mass is 16.1. The van der Waals surface area contributed by atoms with Crippen LogP contribution in [0.2, 0.25) is 0 Å². The van der Waals surface area contributed by atoms with E-state index >= 15 is 0 Å². The minimum absolute atomic E-state index is 0.0870. The number of amides is 1. The van der Waals surface area contributed by atoms with Crippen LogP contribution in [0.5, 0.6) is 0 Å². The molecule has 0 aliphatic heterocycles. The largest absolute Gasteiger partial charge is 0.382 e. The number of carbonyl (C=O) groups excluding carboxylic acids is 1. The zero-order valence-corrected chi connectivity index (χ0v) is 16.1. The van der Waals surface area contributed by atoms with Crippen LogP contribution in [0.3, 0.4) is 0 Å². The van der Waals surface area contributed by atoms with Crippen LogP contribution in [-0.2, 0) is 6.42 Å². The molecule has 1 amide bonds. The summed E-state index contributed by atoms with van der Waals surface area (Å²) in [6, 6.07) is 17.4. The molecule has 3 N–H and O–H groups in total. The molecule has 0 saturated carbocycles. The zero-order chi connectivity index (χ0) is 20.1. The Morgan fingerprint density at radius 2 is 1.96 bits per heavy atom. The number of para-hydroxylation sites is 1. The van der Waals surface area contributed by atoms with Gasteiger partial charge in [-0.05, 0) is 50.5 Å². The van der Waals surface area contributed by atoms with Gasteiger partial charge >= 0.3 is 0 Å². The van der Waals surface area contributed by atoms with E-state index in [1.807, 2.05) is 62.4 Å². The van der Waals surface area contributed by atoms with Gasteiger partial charge in [0.05, 0.1) is 11.4 Å². The first-order valence-electron chi connectivity index (χ1n) is 9.19. The Hall–Kier alpha value is -3.59. The molecule has 2 aromatic carbocycles. The van der Waals surface area contributed by atoms with Crippen LogP contribution in [0.15, 0.2) is 48.5 Å². The number of benzene rings is 2. The second-order valence-electron chi connectivity index (χ2n) is 6.74. The van der Waals surface area contributed by atoms with Gasteiger partial charge in [0.25, 0.3) is 5.91 Å². The van der Waals surface area contributed by atoms with Gasteiger partial charge in [-0.25, -0.2) is 4.68 Å². The van der Waals surface area contributed by atoms with Crippen LogP contribution in [0.1, 0.15) is 39.2 Å². The molecule has 0 spiro atoms. The van der Waals surface area contributed by atoms with Crippen LogP contribution < -0.4 is 11.1 Å². The van der Waals surface area contributed by atoms with Crippen molar-refractivity contribution in [3.63, 3.8) is 0 Å². The molecule has 6 heteroatoms. The first-order chi connectivity index (χ1) is 13.5. The standard InChI is InChI=1S/C22H23N5O/c1-15-10-11-16(2)18(13-15)22(28)25-12-6-9-20-19(14-23)21(24)27(26-20)17-7-4-3-5-8-17/h3-5,7-8,10-11,13H,6,9,12,24H2,1-2H3,(H,25,28). The molecule has 3 rings (SSSR count). The second-order valence-corrected chi connectivity index (χ2v) is 6.74. The summed E-state index contributed by atoms with van der Waals surface area (Å²) in [4.78, 5) is 12.4. The third-order valence-corrected chi connectivity index (χ3v) is 4.62. The number of nitriles is 1. The van der Waals surface area contributed by atoms with Crippen molar-refractivity contribution in [1.82, 2.24) is 15.1 Å². The van der Waals surface area contributed by atoms with E-state index in [4.69, 9.17) is 5.73 Å². The van der Waals surface area contributed by atoms with Gasteiger partial charge in [-0.15, -0.1) is 0 Å². The summed E-state index contributed by atoms with van der Waals surface area (Å²) in [5.74, 6) is 0.249. The number of aryl methyl sites for hydroxylation is 3. The second kappa shape index (κ2) is 8.40. The zero-order valence-electron chi connectivity index (χ0n) is 16.1. The minimum Gasteiger partial charge on any atom is -0.382 e. The number of nitrogen functional groups attached to an aromatic ring is 1. The van der Waals surface area contributed by atoms with Gasteiger partial charge in [0.2, 0.25) is 0 Å². The fourth-order valence-corrected chi connectivity index (χ4v) is 3.07. The van der Waals surface area contributed by atoms with Crippen molar-refractivity contribution in [2.24, 2.45) is 0 Å². The number of nitrogens with zero attached hydrogens (tertiary/aromatic N) is 3. The van der Waals surface area contributed by atoms with E-state index in [1.54, 1.807) is 4.68 Å². The van der Waals surface area contributed by atoms with Crippen molar-refractivity contribution < 1.29 is 4.79 Å². The molecular weight excluding hydrogens is 350 g/mol. The molecule has 1 aromatic heterocycles. The molecule has 142 valence electrons. The highest BCUT2D eigenvalue weighted by Crippen LogP contribution is 2.21. The topological polar surface area (TPSA) is 96.7 Å². The molecule has 28 heavy (non-hydrogen) atoms. The van der Waals surface area contributed by atoms with Crippen molar-refractivity contribution in [1.29, 1.82) is 5.26 Å². The smallest absolute Gasteiger partial charge is 0.251 e. The number of rotatable bonds is 6. The Morgan fingerprint density at radius 1 is 1.21 bits per heavy atom. The Labute approximate surface area is 164 Å². The maximum Gasteiger partial charge on any atom is 0.251 e. The van der Waals surface area contributed by atoms with Crippen molar-refractivity contribution in [3.05, 3.63) is 76.5 Å². The Morgan fingerprint density at radius 3 is 2.68 bits per heavy atom. The van der Waals surface area contributed by atoms with E-state index in [0.717, 1.165) is 16.8 Å². The summed E-state index contributed by atoms with van der Waals surface area (Å²) in [6.07, 6.45) is 1.22. The Bertz CT molecular complexity index is 1030. The van der Waals surface area contributed by atoms with Crippen molar-refractivity contribution in [2.45, 2.75) is 26.7 Å². The predicted octanol–water partition coefficient (Wildman–Crippen LogP) is 3.31. The van der Waals surface area contributed by atoms with Gasteiger partial charge in [-0.1, -0.05) is 35.9 Å². The molecule has 1 heterocycles. The highest BCUT2D eigenvalue weighted by molar-refractivity contribution is 5.95. The molecule has 0 radical (unpaired) electrons. The monoisotopic (exact) mass is 373 g/mol. The van der Waals surface area contributed by atoms with Crippen molar-refractivity contribution >= 4 is 11.7 Å². The lowest BCUT2D eigenvalue weighted by Gasteiger charge is -2.08. The summed E-state index contributed by atoms with van der Waals surface area (Å²) in [7, 11) is 0. The fourth-order valence-electron chi connectivity index (χ4n) is 3.07. The quantitative estimate of drug-likeness (QED) is 0.648. The molecular formula is C22H23N5O. The summed E-state index contributed by atoms with van der Waals surface area (Å²) in [5, 5.41) is 16.9. The molecule has 0 aliphatic rings. The third-order valence-electron chi connectivity index (χ3n) is 4.62. The third kappa shape index (κ3) is 4.04. The lowest BCUT2D eigenvalue weighted by Crippen LogP contribution is -2.25. The lowest BCUT2D eigenvalue weighted by molar-refractivity contribution is 0.0952. The Kier molecular flexibility index (Phi) is 5.75. The average molecular weight is 373 g/mol. The van der Waals surface area contributed by atoms with Gasteiger partial charge in [0.1, 0.15) is 17.5 Å². The maximum atomic E-state index is 12.4. The average Bonchev–Trinajstić information content (AvgIpc) is 3.03. The van der Waals surface area contributed by atoms with Gasteiger partial charge < -0.3 is 11.1 Å². The van der Waals surface area contributed by atoms with E-state index in [0.29, 0.717) is 42.0 Å². The fraction of sp³-hybridized carbons (Fsp3) is 0.227. The van der Waals surface area contributed by atoms with Crippen LogP contribution in [0.4, 0.5) is 5.82 Å². The predicted molar refractivity (Wildman–Crippen MR) is 109 cm³/mol. The number of aromatic nitrogens is 2. The number of carbonyl (C=O) groups is 1. The highest BCUT2D eigenvalue weighted by Gasteiger charge is 2.16. The number of nitrogens with one attached hydrogen (secondary N) is 1. The molecule has 0 fully saturated rings. The van der Waals surface area contributed by atoms with Gasteiger partial charge in [-0.2, -0.15) is 10.4 Å². The van der Waals surface area contributed by atoms with E-state index in [1.165, 1.54) is 0 Å². The van der Waals surface area contributed by atoms with Crippen molar-refractivity contribution in [3.8, 4) is 11.8 Å². The first-order valence-corrected chi connectivity index (χ1v) is 9.19. The van der Waals surface area contributed by atoms with Crippen LogP contribution >= 0.6 is 0 Å². The molecule has 3 aromatic rings. The molecule has 0 unspecified atom stereocenters. The van der Waals surface area contributed by atoms with E-state index < -0.39 is 0 Å². The first kappa shape index (κ1) is 19.2. The van der Waals surface area contributed by atoms with E-state index in [-0.39, 0.29) is 5.91 Å². The molecule has 6 nitrogen and oxygen atoms in total. The van der Waals surface area contributed by atoms with E-state index in [2.05, 4.69) is 16.5 Å². The number of nitrogens with two attached hydrogens (primary N) is 1. The number of hydrogen-bond donors (Lipinski definition) is 2. The Balaban J connectivity index is 1.64. The molecule has 0 aliphatic carbocycles. The SMILES string of the molecule is Cc1ccc(C)c(C(=O)NCCCc2nn(-c3ccccc3)c(N)c2C#N)c1. The molecule has 0 atom stereocenters. The van der Waals surface area contributed by atoms with Gasteiger partial charge in [-0.3, -0.25) is 4.79 Å². The molecule has 0 saturated heterocycles. The van der Waals surface area contributed by atoms with Crippen LogP contribution in [-0.4, -0.2) is 22.2 Å². The molecule has 0 bridgehead atoms. The minimum atomic E-state index is -0.0870.